The van der Waals surface area contributed by atoms with E-state index in [2.05, 4.69) is 6.92 Å². The number of hydrogen-bond acceptors (Lipinski definition) is 1. The zero-order valence-corrected chi connectivity index (χ0v) is 11.9. The number of alkyl halides is 1. The fourth-order valence-electron chi connectivity index (χ4n) is 2.46. The number of benzene rings is 1. The van der Waals surface area contributed by atoms with Gasteiger partial charge in [0.2, 0.25) is 5.91 Å². The second kappa shape index (κ2) is 5.94. The summed E-state index contributed by atoms with van der Waals surface area (Å²) in [4.78, 5) is 14.2. The first kappa shape index (κ1) is 13.7. The smallest absolute Gasteiger partial charge is 0.227 e. The molecule has 0 N–H and O–H groups in total. The van der Waals surface area contributed by atoms with Gasteiger partial charge in [-0.05, 0) is 24.0 Å². The van der Waals surface area contributed by atoms with E-state index >= 15 is 0 Å². The van der Waals surface area contributed by atoms with E-state index in [0.29, 0.717) is 23.2 Å². The maximum atomic E-state index is 12.3. The summed E-state index contributed by atoms with van der Waals surface area (Å²) in [5.41, 5.74) is 0.886. The fraction of sp³-hybridized carbons (Fsp3) is 0.500. The lowest BCUT2D eigenvalue weighted by molar-refractivity contribution is -0.131. The van der Waals surface area contributed by atoms with Gasteiger partial charge in [0.25, 0.3) is 0 Å². The molecule has 2 rings (SSSR count). The van der Waals surface area contributed by atoms with Crippen LogP contribution in [0.3, 0.4) is 0 Å². The van der Waals surface area contributed by atoms with Crippen molar-refractivity contribution in [1.29, 1.82) is 0 Å². The highest BCUT2D eigenvalue weighted by Gasteiger charge is 2.33. The molecule has 2 unspecified atom stereocenters. The van der Waals surface area contributed by atoms with Crippen LogP contribution in [0.5, 0.6) is 0 Å². The first-order valence-electron chi connectivity index (χ1n) is 6.22. The van der Waals surface area contributed by atoms with Crippen molar-refractivity contribution in [3.8, 4) is 0 Å². The molecule has 98 valence electrons. The number of halogens is 2. The highest BCUT2D eigenvalue weighted by atomic mass is 35.5. The predicted octanol–water partition coefficient (Wildman–Crippen LogP) is 3.36. The Hall–Kier alpha value is -0.730. The Bertz CT molecular complexity index is 436. The molecule has 2 atom stereocenters. The minimum atomic E-state index is 0.123. The number of amides is 1. The van der Waals surface area contributed by atoms with Crippen molar-refractivity contribution in [2.75, 3.05) is 12.4 Å². The maximum absolute atomic E-state index is 12.3. The van der Waals surface area contributed by atoms with E-state index in [1.54, 1.807) is 0 Å². The lowest BCUT2D eigenvalue weighted by atomic mass is 10.0. The maximum Gasteiger partial charge on any atom is 0.227 e. The lowest BCUT2D eigenvalue weighted by Crippen LogP contribution is -2.39. The minimum absolute atomic E-state index is 0.123. The quantitative estimate of drug-likeness (QED) is 0.780. The molecule has 0 spiro atoms. The summed E-state index contributed by atoms with van der Waals surface area (Å²) >= 11 is 12.0. The van der Waals surface area contributed by atoms with Gasteiger partial charge in [-0.1, -0.05) is 36.7 Å². The third-order valence-corrected chi connectivity index (χ3v) is 4.35. The number of hydrogen-bond donors (Lipinski definition) is 0. The summed E-state index contributed by atoms with van der Waals surface area (Å²) in [6.45, 7) is 2.96. The molecule has 2 nitrogen and oxygen atoms in total. The summed E-state index contributed by atoms with van der Waals surface area (Å²) < 4.78 is 0. The number of carbonyl (C=O) groups excluding carboxylic acids is 1. The van der Waals surface area contributed by atoms with Crippen molar-refractivity contribution in [2.45, 2.75) is 25.8 Å². The van der Waals surface area contributed by atoms with E-state index in [-0.39, 0.29) is 11.9 Å². The highest BCUT2D eigenvalue weighted by Crippen LogP contribution is 2.26. The summed E-state index contributed by atoms with van der Waals surface area (Å²) in [7, 11) is 0. The third kappa shape index (κ3) is 2.81. The van der Waals surface area contributed by atoms with Crippen molar-refractivity contribution < 1.29 is 4.79 Å². The van der Waals surface area contributed by atoms with Crippen molar-refractivity contribution in [2.24, 2.45) is 5.92 Å². The molecular formula is C14H17Cl2NO. The Morgan fingerprint density at radius 1 is 1.44 bits per heavy atom. The van der Waals surface area contributed by atoms with Gasteiger partial charge in [-0.3, -0.25) is 4.79 Å². The SMILES string of the molecule is CC1CCN(C(=O)Cc2ccccc2Cl)C1CCl. The van der Waals surface area contributed by atoms with E-state index in [4.69, 9.17) is 23.2 Å². The molecule has 1 aliphatic rings. The normalized spacial score (nSPS) is 23.4. The fourth-order valence-corrected chi connectivity index (χ4v) is 3.13. The van der Waals surface area contributed by atoms with Gasteiger partial charge in [0, 0.05) is 23.5 Å². The molecule has 4 heteroatoms. The number of carbonyl (C=O) groups is 1. The molecule has 0 aliphatic carbocycles. The molecule has 1 amide bonds. The topological polar surface area (TPSA) is 20.3 Å². The summed E-state index contributed by atoms with van der Waals surface area (Å²) in [6, 6.07) is 7.66. The lowest BCUT2D eigenvalue weighted by Gasteiger charge is -2.25. The number of nitrogens with zero attached hydrogens (tertiary/aromatic N) is 1. The molecule has 1 heterocycles. The molecule has 0 bridgehead atoms. The minimum Gasteiger partial charge on any atom is -0.338 e. The van der Waals surface area contributed by atoms with Gasteiger partial charge in [0.05, 0.1) is 6.42 Å². The van der Waals surface area contributed by atoms with Crippen molar-refractivity contribution in [3.63, 3.8) is 0 Å². The van der Waals surface area contributed by atoms with E-state index in [1.807, 2.05) is 29.2 Å². The molecular weight excluding hydrogens is 269 g/mol. The molecule has 1 aliphatic heterocycles. The standard InChI is InChI=1S/C14H17Cl2NO/c1-10-6-7-17(13(10)9-15)14(18)8-11-4-2-3-5-12(11)16/h2-5,10,13H,6-9H2,1H3. The van der Waals surface area contributed by atoms with Crippen LogP contribution in [0.1, 0.15) is 18.9 Å². The average molecular weight is 286 g/mol. The van der Waals surface area contributed by atoms with Gasteiger partial charge >= 0.3 is 0 Å². The van der Waals surface area contributed by atoms with Crippen molar-refractivity contribution in [1.82, 2.24) is 4.90 Å². The van der Waals surface area contributed by atoms with Gasteiger partial charge in [0.15, 0.2) is 0 Å². The highest BCUT2D eigenvalue weighted by molar-refractivity contribution is 6.31. The Balaban J connectivity index is 2.07. The Morgan fingerprint density at radius 2 is 2.17 bits per heavy atom. The Kier molecular flexibility index (Phi) is 4.52. The molecule has 1 fully saturated rings. The van der Waals surface area contributed by atoms with Crippen molar-refractivity contribution >= 4 is 29.1 Å². The van der Waals surface area contributed by atoms with Gasteiger partial charge in [0.1, 0.15) is 0 Å². The molecule has 0 aromatic heterocycles. The third-order valence-electron chi connectivity index (χ3n) is 3.66. The molecule has 1 aromatic carbocycles. The Labute approximate surface area is 118 Å². The second-order valence-electron chi connectivity index (χ2n) is 4.84. The molecule has 1 aromatic rings. The Morgan fingerprint density at radius 3 is 2.83 bits per heavy atom. The van der Waals surface area contributed by atoms with Crippen LogP contribution in [-0.4, -0.2) is 29.3 Å². The van der Waals surface area contributed by atoms with Gasteiger partial charge in [-0.25, -0.2) is 0 Å². The van der Waals surface area contributed by atoms with Crippen LogP contribution < -0.4 is 0 Å². The van der Waals surface area contributed by atoms with Crippen LogP contribution in [0, 0.1) is 5.92 Å². The monoisotopic (exact) mass is 285 g/mol. The number of likely N-dealkylation sites (tertiary alicyclic amines) is 1. The molecule has 0 radical (unpaired) electrons. The summed E-state index contributed by atoms with van der Waals surface area (Å²) in [5.74, 6) is 1.12. The van der Waals surface area contributed by atoms with E-state index in [0.717, 1.165) is 18.5 Å². The molecule has 18 heavy (non-hydrogen) atoms. The zero-order chi connectivity index (χ0) is 13.1. The van der Waals surface area contributed by atoms with Crippen LogP contribution in [0.4, 0.5) is 0 Å². The van der Waals surface area contributed by atoms with Crippen LogP contribution in [0.25, 0.3) is 0 Å². The predicted molar refractivity (Wildman–Crippen MR) is 75.2 cm³/mol. The van der Waals surface area contributed by atoms with E-state index in [1.165, 1.54) is 0 Å². The van der Waals surface area contributed by atoms with Crippen LogP contribution in [0.15, 0.2) is 24.3 Å². The molecule has 1 saturated heterocycles. The van der Waals surface area contributed by atoms with Gasteiger partial charge in [-0.15, -0.1) is 11.6 Å². The van der Waals surface area contributed by atoms with Gasteiger partial charge in [-0.2, -0.15) is 0 Å². The van der Waals surface area contributed by atoms with E-state index in [9.17, 15) is 4.79 Å². The zero-order valence-electron chi connectivity index (χ0n) is 10.4. The second-order valence-corrected chi connectivity index (χ2v) is 5.56. The summed E-state index contributed by atoms with van der Waals surface area (Å²) in [6.07, 6.45) is 1.39. The van der Waals surface area contributed by atoms with Gasteiger partial charge < -0.3 is 4.90 Å². The summed E-state index contributed by atoms with van der Waals surface area (Å²) in [5, 5.41) is 0.653. The average Bonchev–Trinajstić information content (AvgIpc) is 2.73. The largest absolute Gasteiger partial charge is 0.338 e. The van der Waals surface area contributed by atoms with Crippen LogP contribution in [-0.2, 0) is 11.2 Å². The van der Waals surface area contributed by atoms with Crippen LogP contribution in [0.2, 0.25) is 5.02 Å². The molecule has 0 saturated carbocycles. The van der Waals surface area contributed by atoms with E-state index < -0.39 is 0 Å². The van der Waals surface area contributed by atoms with Crippen molar-refractivity contribution in [3.05, 3.63) is 34.9 Å². The number of rotatable bonds is 3. The first-order valence-corrected chi connectivity index (χ1v) is 7.13. The first-order chi connectivity index (χ1) is 8.63. The van der Waals surface area contributed by atoms with Crippen LogP contribution >= 0.6 is 23.2 Å².